The van der Waals surface area contributed by atoms with Crippen LogP contribution in [-0.4, -0.2) is 0 Å². The van der Waals surface area contributed by atoms with E-state index >= 15 is 0 Å². The van der Waals surface area contributed by atoms with Gasteiger partial charge in [-0.05, 0) is 42.3 Å². The summed E-state index contributed by atoms with van der Waals surface area (Å²) in [6.45, 7) is 2.76. The second kappa shape index (κ2) is 10.3. The van der Waals surface area contributed by atoms with Crippen molar-refractivity contribution in [3.05, 3.63) is 112 Å². The van der Waals surface area contributed by atoms with Crippen molar-refractivity contribution in [2.75, 3.05) is 4.90 Å². The number of hydrogen-bond donors (Lipinski definition) is 0. The number of nitriles is 3. The number of hydrogen-bond acceptors (Lipinski definition) is 4. The van der Waals surface area contributed by atoms with Crippen molar-refractivity contribution in [2.24, 2.45) is 0 Å². The van der Waals surface area contributed by atoms with Gasteiger partial charge >= 0.3 is 0 Å². The van der Waals surface area contributed by atoms with Crippen molar-refractivity contribution < 1.29 is 0 Å². The van der Waals surface area contributed by atoms with Crippen molar-refractivity contribution in [1.29, 1.82) is 15.8 Å². The van der Waals surface area contributed by atoms with E-state index in [0.29, 0.717) is 22.3 Å². The Bertz CT molecular complexity index is 1200. The second-order valence-electron chi connectivity index (χ2n) is 6.84. The Labute approximate surface area is 182 Å². The summed E-state index contributed by atoms with van der Waals surface area (Å²) in [5, 5.41) is 27.9. The number of anilines is 1. The minimum Gasteiger partial charge on any atom is -0.344 e. The lowest BCUT2D eigenvalue weighted by molar-refractivity contribution is 0.966. The lowest BCUT2D eigenvalue weighted by Gasteiger charge is -2.21. The molecule has 0 aliphatic heterocycles. The molecule has 0 spiro atoms. The van der Waals surface area contributed by atoms with Crippen LogP contribution in [0.15, 0.2) is 79.0 Å². The van der Waals surface area contributed by atoms with Gasteiger partial charge in [-0.1, -0.05) is 60.7 Å². The molecule has 0 unspecified atom stereocenters. The van der Waals surface area contributed by atoms with Gasteiger partial charge in [-0.15, -0.1) is 0 Å². The molecule has 0 aromatic heterocycles. The van der Waals surface area contributed by atoms with Gasteiger partial charge in [0.2, 0.25) is 0 Å². The molecule has 0 saturated carbocycles. The van der Waals surface area contributed by atoms with Gasteiger partial charge in [-0.2, -0.15) is 15.8 Å². The number of nitrogens with zero attached hydrogens (tertiary/aromatic N) is 4. The fourth-order valence-corrected chi connectivity index (χ4v) is 3.23. The van der Waals surface area contributed by atoms with Gasteiger partial charge in [0.25, 0.3) is 0 Å². The summed E-state index contributed by atoms with van der Waals surface area (Å²) in [5.74, 6) is 0. The molecule has 0 saturated heterocycles. The van der Waals surface area contributed by atoms with Crippen molar-refractivity contribution in [2.45, 2.75) is 13.5 Å². The SMILES string of the molecule is C/C=C/N(Cc1ccccc1)c1ccc(C=Cc2c(C#N)cc(C#N)cc2C#N)cc1. The predicted octanol–water partition coefficient (Wildman–Crippen LogP) is 6.01. The van der Waals surface area contributed by atoms with Gasteiger partial charge in [0.15, 0.2) is 0 Å². The Balaban J connectivity index is 1.85. The van der Waals surface area contributed by atoms with Crippen molar-refractivity contribution in [3.63, 3.8) is 0 Å². The molecule has 0 atom stereocenters. The molecule has 0 bridgehead atoms. The van der Waals surface area contributed by atoms with Crippen LogP contribution in [0.5, 0.6) is 0 Å². The topological polar surface area (TPSA) is 74.6 Å². The highest BCUT2D eigenvalue weighted by molar-refractivity contribution is 5.77. The van der Waals surface area contributed by atoms with E-state index in [0.717, 1.165) is 17.8 Å². The van der Waals surface area contributed by atoms with Gasteiger partial charge in [-0.3, -0.25) is 0 Å². The summed E-state index contributed by atoms with van der Waals surface area (Å²) in [6, 6.07) is 27.5. The molecule has 3 aromatic carbocycles. The summed E-state index contributed by atoms with van der Waals surface area (Å²) in [7, 11) is 0. The fourth-order valence-electron chi connectivity index (χ4n) is 3.23. The Morgan fingerprint density at radius 2 is 1.45 bits per heavy atom. The van der Waals surface area contributed by atoms with E-state index in [1.165, 1.54) is 17.7 Å². The average Bonchev–Trinajstić information content (AvgIpc) is 2.83. The minimum absolute atomic E-state index is 0.303. The minimum atomic E-state index is 0.303. The van der Waals surface area contributed by atoms with Crippen LogP contribution in [-0.2, 0) is 6.54 Å². The lowest BCUT2D eigenvalue weighted by Crippen LogP contribution is -2.15. The standard InChI is InChI=1S/C27H20N4/c1-2-14-31(20-22-6-4-3-5-7-22)26-11-8-21(9-12-26)10-13-27-24(18-29)15-23(17-28)16-25(27)19-30/h2-16H,20H2,1H3/b13-10?,14-2+. The van der Waals surface area contributed by atoms with Crippen LogP contribution >= 0.6 is 0 Å². The Morgan fingerprint density at radius 1 is 0.806 bits per heavy atom. The second-order valence-corrected chi connectivity index (χ2v) is 6.84. The van der Waals surface area contributed by atoms with E-state index in [4.69, 9.17) is 5.26 Å². The van der Waals surface area contributed by atoms with Crippen molar-refractivity contribution in [1.82, 2.24) is 0 Å². The summed E-state index contributed by atoms with van der Waals surface area (Å²) in [6.07, 6.45) is 7.67. The molecule has 3 rings (SSSR count). The largest absolute Gasteiger partial charge is 0.344 e. The Morgan fingerprint density at radius 3 is 2.00 bits per heavy atom. The number of rotatable bonds is 6. The molecule has 3 aromatic rings. The van der Waals surface area contributed by atoms with E-state index in [1.807, 2.05) is 73.8 Å². The van der Waals surface area contributed by atoms with Crippen LogP contribution in [0.1, 0.15) is 40.3 Å². The van der Waals surface area contributed by atoms with Gasteiger partial charge < -0.3 is 4.90 Å². The van der Waals surface area contributed by atoms with Crippen LogP contribution in [0.4, 0.5) is 5.69 Å². The van der Waals surface area contributed by atoms with Gasteiger partial charge in [0.1, 0.15) is 0 Å². The van der Waals surface area contributed by atoms with E-state index in [-0.39, 0.29) is 0 Å². The van der Waals surface area contributed by atoms with Gasteiger partial charge in [0, 0.05) is 24.0 Å². The van der Waals surface area contributed by atoms with Crippen LogP contribution in [0.3, 0.4) is 0 Å². The first kappa shape index (κ1) is 21.1. The maximum atomic E-state index is 9.41. The van der Waals surface area contributed by atoms with E-state index in [9.17, 15) is 10.5 Å². The lowest BCUT2D eigenvalue weighted by atomic mass is 9.98. The summed E-state index contributed by atoms with van der Waals surface area (Å²) in [4.78, 5) is 2.17. The highest BCUT2D eigenvalue weighted by Crippen LogP contribution is 2.22. The highest BCUT2D eigenvalue weighted by atomic mass is 15.1. The van der Waals surface area contributed by atoms with E-state index < -0.39 is 0 Å². The van der Waals surface area contributed by atoms with Gasteiger partial charge in [0.05, 0.1) is 34.9 Å². The molecule has 0 fully saturated rings. The molecular weight excluding hydrogens is 380 g/mol. The number of benzene rings is 3. The van der Waals surface area contributed by atoms with E-state index in [1.54, 1.807) is 6.08 Å². The fraction of sp³-hybridized carbons (Fsp3) is 0.0741. The van der Waals surface area contributed by atoms with Crippen LogP contribution in [0.2, 0.25) is 0 Å². The molecular formula is C27H20N4. The molecule has 0 amide bonds. The van der Waals surface area contributed by atoms with Crippen molar-refractivity contribution >= 4 is 17.8 Å². The van der Waals surface area contributed by atoms with E-state index in [2.05, 4.69) is 29.2 Å². The summed E-state index contributed by atoms with van der Waals surface area (Å²) < 4.78 is 0. The maximum absolute atomic E-state index is 9.41. The summed E-state index contributed by atoms with van der Waals surface area (Å²) in [5.41, 5.74) is 4.67. The smallest absolute Gasteiger partial charge is 0.0998 e. The first-order valence-corrected chi connectivity index (χ1v) is 9.78. The molecule has 0 aliphatic rings. The van der Waals surface area contributed by atoms with Crippen LogP contribution in [0, 0.1) is 34.0 Å². The third kappa shape index (κ3) is 5.27. The molecule has 0 heterocycles. The quantitative estimate of drug-likeness (QED) is 0.475. The maximum Gasteiger partial charge on any atom is 0.0998 e. The first-order chi connectivity index (χ1) is 15.2. The zero-order valence-electron chi connectivity index (χ0n) is 17.2. The zero-order chi connectivity index (χ0) is 22.1. The average molecular weight is 400 g/mol. The molecule has 4 nitrogen and oxygen atoms in total. The van der Waals surface area contributed by atoms with Crippen molar-refractivity contribution in [3.8, 4) is 18.2 Å². The molecule has 148 valence electrons. The normalized spacial score (nSPS) is 10.5. The third-order valence-electron chi connectivity index (χ3n) is 4.74. The Kier molecular flexibility index (Phi) is 6.99. The summed E-state index contributed by atoms with van der Waals surface area (Å²) >= 11 is 0. The third-order valence-corrected chi connectivity index (χ3v) is 4.74. The number of allylic oxidation sites excluding steroid dienone is 1. The molecule has 0 radical (unpaired) electrons. The Hall–Kier alpha value is -4.59. The van der Waals surface area contributed by atoms with Gasteiger partial charge in [-0.25, -0.2) is 0 Å². The molecule has 0 aliphatic carbocycles. The van der Waals surface area contributed by atoms with Crippen LogP contribution in [0.25, 0.3) is 12.2 Å². The highest BCUT2D eigenvalue weighted by Gasteiger charge is 2.09. The van der Waals surface area contributed by atoms with Crippen LogP contribution < -0.4 is 4.90 Å². The zero-order valence-corrected chi connectivity index (χ0v) is 17.2. The molecule has 31 heavy (non-hydrogen) atoms. The monoisotopic (exact) mass is 400 g/mol. The predicted molar refractivity (Wildman–Crippen MR) is 123 cm³/mol. The molecule has 4 heteroatoms. The molecule has 0 N–H and O–H groups in total. The first-order valence-electron chi connectivity index (χ1n) is 9.78.